The Labute approximate surface area is 148 Å². The number of hydrogen-bond donors (Lipinski definition) is 1. The zero-order valence-corrected chi connectivity index (χ0v) is 14.7. The Morgan fingerprint density at radius 1 is 1.12 bits per heavy atom. The first-order chi connectivity index (χ1) is 11.4. The van der Waals surface area contributed by atoms with Gasteiger partial charge < -0.3 is 10.1 Å². The molecular weight excluding hydrogens is 350 g/mol. The smallest absolute Gasteiger partial charge is 0.349 e. The fraction of sp³-hybridized carbons (Fsp3) is 0.235. The number of halogens is 1. The van der Waals surface area contributed by atoms with Crippen molar-refractivity contribution in [3.8, 4) is 0 Å². The second-order valence-corrected chi connectivity index (χ2v) is 6.63. The van der Waals surface area contributed by atoms with E-state index in [2.05, 4.69) is 5.32 Å². The first kappa shape index (κ1) is 18.2. The summed E-state index contributed by atoms with van der Waals surface area (Å²) < 4.78 is 5.13. The summed E-state index contributed by atoms with van der Waals surface area (Å²) in [7, 11) is 0. The summed E-state index contributed by atoms with van der Waals surface area (Å²) in [6.07, 6.45) is -0.937. The molecule has 0 aliphatic heterocycles. The molecule has 1 aromatic carbocycles. The van der Waals surface area contributed by atoms with Crippen molar-refractivity contribution in [2.75, 3.05) is 0 Å². The predicted octanol–water partition coefficient (Wildman–Crippen LogP) is 3.47. The van der Waals surface area contributed by atoms with Gasteiger partial charge in [0.05, 0.1) is 4.88 Å². The van der Waals surface area contributed by atoms with Crippen LogP contribution in [0.1, 0.15) is 38.8 Å². The second kappa shape index (κ2) is 8.08. The van der Waals surface area contributed by atoms with E-state index >= 15 is 0 Å². The van der Waals surface area contributed by atoms with Crippen LogP contribution in [0.25, 0.3) is 0 Å². The van der Waals surface area contributed by atoms with Gasteiger partial charge in [-0.1, -0.05) is 23.7 Å². The number of nitrogens with one attached hydrogen (secondary N) is 1. The predicted molar refractivity (Wildman–Crippen MR) is 92.5 cm³/mol. The normalized spacial score (nSPS) is 11.6. The Morgan fingerprint density at radius 2 is 1.75 bits per heavy atom. The van der Waals surface area contributed by atoms with E-state index in [0.717, 1.165) is 16.9 Å². The number of ketones is 1. The maximum atomic E-state index is 12.0. The molecule has 0 saturated carbocycles. The molecule has 126 valence electrons. The lowest BCUT2D eigenvalue weighted by Gasteiger charge is -2.13. The van der Waals surface area contributed by atoms with Gasteiger partial charge in [0.2, 0.25) is 0 Å². The van der Waals surface area contributed by atoms with Crippen LogP contribution in [0.15, 0.2) is 36.4 Å². The van der Waals surface area contributed by atoms with E-state index in [1.165, 1.54) is 19.9 Å². The Kier molecular flexibility index (Phi) is 6.11. The van der Waals surface area contributed by atoms with Gasteiger partial charge in [-0.25, -0.2) is 4.79 Å². The quantitative estimate of drug-likeness (QED) is 0.628. The number of carbonyl (C=O) groups excluding carboxylic acids is 3. The molecule has 0 aliphatic rings. The third-order valence-corrected chi connectivity index (χ3v) is 4.61. The van der Waals surface area contributed by atoms with Crippen molar-refractivity contribution in [1.82, 2.24) is 5.32 Å². The minimum Gasteiger partial charge on any atom is -0.448 e. The van der Waals surface area contributed by atoms with E-state index in [1.807, 2.05) is 0 Å². The van der Waals surface area contributed by atoms with Crippen molar-refractivity contribution in [2.24, 2.45) is 0 Å². The molecule has 0 fully saturated rings. The molecule has 7 heteroatoms. The van der Waals surface area contributed by atoms with Crippen LogP contribution in [0.3, 0.4) is 0 Å². The highest BCUT2D eigenvalue weighted by atomic mass is 35.5. The second-order valence-electron chi connectivity index (χ2n) is 5.11. The Bertz CT molecular complexity index is 754. The van der Waals surface area contributed by atoms with E-state index < -0.39 is 18.0 Å². The number of rotatable bonds is 6. The zero-order chi connectivity index (χ0) is 17.7. The van der Waals surface area contributed by atoms with E-state index in [-0.39, 0.29) is 10.7 Å². The molecule has 5 nitrogen and oxygen atoms in total. The van der Waals surface area contributed by atoms with Crippen LogP contribution in [0.4, 0.5) is 0 Å². The molecule has 0 aliphatic carbocycles. The summed E-state index contributed by atoms with van der Waals surface area (Å²) in [5.41, 5.74) is 0.885. The van der Waals surface area contributed by atoms with Crippen molar-refractivity contribution in [3.63, 3.8) is 0 Å². The molecular formula is C17H16ClNO4S. The summed E-state index contributed by atoms with van der Waals surface area (Å²) >= 11 is 6.84. The first-order valence-electron chi connectivity index (χ1n) is 7.20. The van der Waals surface area contributed by atoms with Crippen LogP contribution in [-0.2, 0) is 16.1 Å². The zero-order valence-electron chi connectivity index (χ0n) is 13.2. The third kappa shape index (κ3) is 4.91. The highest BCUT2D eigenvalue weighted by Gasteiger charge is 2.20. The van der Waals surface area contributed by atoms with Crippen molar-refractivity contribution in [1.29, 1.82) is 0 Å². The van der Waals surface area contributed by atoms with Crippen molar-refractivity contribution in [2.45, 2.75) is 26.5 Å². The highest BCUT2D eigenvalue weighted by molar-refractivity contribution is 7.15. The molecule has 1 heterocycles. The van der Waals surface area contributed by atoms with Gasteiger partial charge in [0, 0.05) is 11.6 Å². The Hall–Kier alpha value is -2.18. The van der Waals surface area contributed by atoms with Crippen LogP contribution in [0.2, 0.25) is 5.02 Å². The average Bonchev–Trinajstić information content (AvgIpc) is 3.04. The number of Topliss-reactive ketones (excluding diaryl/α,β-unsaturated/α-hetero) is 1. The molecule has 2 rings (SSSR count). The van der Waals surface area contributed by atoms with Gasteiger partial charge >= 0.3 is 5.97 Å². The van der Waals surface area contributed by atoms with Crippen LogP contribution < -0.4 is 5.32 Å². The number of hydrogen-bond acceptors (Lipinski definition) is 5. The van der Waals surface area contributed by atoms with Crippen molar-refractivity contribution < 1.29 is 19.1 Å². The van der Waals surface area contributed by atoms with Crippen LogP contribution in [-0.4, -0.2) is 23.8 Å². The van der Waals surface area contributed by atoms with Crippen LogP contribution >= 0.6 is 22.9 Å². The monoisotopic (exact) mass is 365 g/mol. The van der Waals surface area contributed by atoms with Crippen LogP contribution in [0.5, 0.6) is 0 Å². The molecule has 0 radical (unpaired) electrons. The van der Waals surface area contributed by atoms with Crippen LogP contribution in [0, 0.1) is 0 Å². The van der Waals surface area contributed by atoms with E-state index in [9.17, 15) is 14.4 Å². The fourth-order valence-electron chi connectivity index (χ4n) is 1.84. The Morgan fingerprint density at radius 3 is 2.33 bits per heavy atom. The van der Waals surface area contributed by atoms with Gasteiger partial charge in [-0.2, -0.15) is 0 Å². The van der Waals surface area contributed by atoms with E-state index in [1.54, 1.807) is 30.3 Å². The largest absolute Gasteiger partial charge is 0.448 e. The first-order valence-corrected chi connectivity index (χ1v) is 8.40. The van der Waals surface area contributed by atoms with Gasteiger partial charge in [0.15, 0.2) is 11.9 Å². The number of esters is 1. The molecule has 2 aromatic rings. The highest BCUT2D eigenvalue weighted by Crippen LogP contribution is 2.18. The molecule has 0 spiro atoms. The van der Waals surface area contributed by atoms with Gasteiger partial charge in [-0.05, 0) is 43.7 Å². The SMILES string of the molecule is CC(=O)c1ccc(C(=O)OC(C)C(=O)NCc2ccc(Cl)cc2)s1. The molecule has 1 amide bonds. The van der Waals surface area contributed by atoms with Gasteiger partial charge in [0.1, 0.15) is 4.88 Å². The number of carbonyl (C=O) groups is 3. The van der Waals surface area contributed by atoms with Crippen molar-refractivity contribution >= 4 is 40.6 Å². The molecule has 0 saturated heterocycles. The lowest BCUT2D eigenvalue weighted by atomic mass is 10.2. The average molecular weight is 366 g/mol. The molecule has 0 bridgehead atoms. The lowest BCUT2D eigenvalue weighted by Crippen LogP contribution is -2.35. The lowest BCUT2D eigenvalue weighted by molar-refractivity contribution is -0.129. The number of benzene rings is 1. The van der Waals surface area contributed by atoms with Crippen molar-refractivity contribution in [3.05, 3.63) is 56.7 Å². The Balaban J connectivity index is 1.87. The minimum atomic E-state index is -0.937. The topological polar surface area (TPSA) is 72.5 Å². The number of amides is 1. The third-order valence-electron chi connectivity index (χ3n) is 3.19. The van der Waals surface area contributed by atoms with Gasteiger partial charge in [-0.3, -0.25) is 9.59 Å². The summed E-state index contributed by atoms with van der Waals surface area (Å²) in [6, 6.07) is 10.1. The molecule has 1 aromatic heterocycles. The summed E-state index contributed by atoms with van der Waals surface area (Å²) in [5.74, 6) is -1.14. The molecule has 1 N–H and O–H groups in total. The molecule has 24 heavy (non-hydrogen) atoms. The summed E-state index contributed by atoms with van der Waals surface area (Å²) in [4.78, 5) is 36.0. The summed E-state index contributed by atoms with van der Waals surface area (Å²) in [6.45, 7) is 3.23. The summed E-state index contributed by atoms with van der Waals surface area (Å²) in [5, 5.41) is 3.31. The standard InChI is InChI=1S/C17H16ClNO4S/c1-10(20)14-7-8-15(24-14)17(22)23-11(2)16(21)19-9-12-3-5-13(18)6-4-12/h3-8,11H,9H2,1-2H3,(H,19,21). The van der Waals surface area contributed by atoms with Gasteiger partial charge in [-0.15, -0.1) is 11.3 Å². The van der Waals surface area contributed by atoms with E-state index in [4.69, 9.17) is 16.3 Å². The maximum absolute atomic E-state index is 12.0. The maximum Gasteiger partial charge on any atom is 0.349 e. The number of ether oxygens (including phenoxy) is 1. The number of thiophene rings is 1. The molecule has 1 atom stereocenters. The van der Waals surface area contributed by atoms with E-state index in [0.29, 0.717) is 16.4 Å². The van der Waals surface area contributed by atoms with Gasteiger partial charge in [0.25, 0.3) is 5.91 Å². The minimum absolute atomic E-state index is 0.118. The molecule has 1 unspecified atom stereocenters. The fourth-order valence-corrected chi connectivity index (χ4v) is 2.75.